The Labute approximate surface area is 223 Å². The van der Waals surface area contributed by atoms with Crippen LogP contribution in [0.4, 0.5) is 5.13 Å². The number of allylic oxidation sites excluding steroid dienone is 1. The van der Waals surface area contributed by atoms with Gasteiger partial charge in [0.1, 0.15) is 35.6 Å². The van der Waals surface area contributed by atoms with Crippen molar-refractivity contribution in [1.82, 2.24) is 29.2 Å². The van der Waals surface area contributed by atoms with Crippen LogP contribution >= 0.6 is 23.3 Å². The maximum Gasteiger partial charge on any atom is 0.352 e. The molecule has 16 heteroatoms. The second-order valence-corrected chi connectivity index (χ2v) is 10.0. The lowest BCUT2D eigenvalue weighted by atomic mass is 10.0. The van der Waals surface area contributed by atoms with Gasteiger partial charge in [-0.15, -0.1) is 16.3 Å². The van der Waals surface area contributed by atoms with E-state index in [0.717, 1.165) is 17.2 Å². The van der Waals surface area contributed by atoms with Crippen LogP contribution in [0, 0.1) is 0 Å². The number of β-lactam (4-membered cyclic amide) rings is 1. The van der Waals surface area contributed by atoms with E-state index in [4.69, 9.17) is 10.6 Å². The van der Waals surface area contributed by atoms with Gasteiger partial charge in [-0.2, -0.15) is 9.36 Å². The number of hydrogen-bond donors (Lipinski definition) is 3. The molecule has 1 saturated heterocycles. The number of aryl methyl sites for hydroxylation is 1. The number of aliphatic carboxylic acids is 1. The number of fused-ring (bicyclic) bond motifs is 2. The van der Waals surface area contributed by atoms with Gasteiger partial charge in [-0.25, -0.2) is 9.36 Å². The number of carbonyl (C=O) groups excluding carboxylic acids is 2. The van der Waals surface area contributed by atoms with E-state index in [1.54, 1.807) is 23.6 Å². The van der Waals surface area contributed by atoms with E-state index in [2.05, 4.69) is 24.9 Å². The van der Waals surface area contributed by atoms with Crippen LogP contribution in [0.15, 0.2) is 47.0 Å². The topological polar surface area (TPSA) is 181 Å². The molecular weight excluding hydrogens is 534 g/mol. The second-order valence-electron chi connectivity index (χ2n) is 8.16. The molecule has 2 aliphatic rings. The van der Waals surface area contributed by atoms with Crippen LogP contribution in [0.25, 0.3) is 11.7 Å². The summed E-state index contributed by atoms with van der Waals surface area (Å²) < 4.78 is 7.61. The molecule has 2 atom stereocenters. The van der Waals surface area contributed by atoms with Gasteiger partial charge in [0.2, 0.25) is 11.5 Å². The Balaban J connectivity index is 1.35. The number of nitrogens with zero attached hydrogens (tertiary/aromatic N) is 7. The molecule has 5 heterocycles. The molecule has 4 N–H and O–H groups in total. The number of nitrogens with one attached hydrogen (secondary N) is 1. The molecule has 0 unspecified atom stereocenters. The van der Waals surface area contributed by atoms with Crippen LogP contribution in [0.1, 0.15) is 18.4 Å². The Morgan fingerprint density at radius 3 is 2.92 bits per heavy atom. The summed E-state index contributed by atoms with van der Waals surface area (Å²) in [5.74, 6) is -2.25. The number of rotatable bonds is 8. The number of amides is 2. The fraction of sp³-hybridized carbons (Fsp3) is 0.273. The van der Waals surface area contributed by atoms with Crippen molar-refractivity contribution < 1.29 is 28.9 Å². The predicted octanol–water partition coefficient (Wildman–Crippen LogP) is -0.215. The Morgan fingerprint density at radius 2 is 2.21 bits per heavy atom. The number of carboxylic acids is 1. The molecule has 38 heavy (non-hydrogen) atoms. The van der Waals surface area contributed by atoms with E-state index >= 15 is 0 Å². The largest absolute Gasteiger partial charge is 0.477 e. The average Bonchev–Trinajstić information content (AvgIpc) is 3.50. The monoisotopic (exact) mass is 556 g/mol. The van der Waals surface area contributed by atoms with Crippen molar-refractivity contribution in [1.29, 1.82) is 0 Å². The van der Waals surface area contributed by atoms with Crippen LogP contribution in [-0.4, -0.2) is 76.2 Å². The van der Waals surface area contributed by atoms with E-state index in [0.29, 0.717) is 17.0 Å². The molecule has 0 aliphatic carbocycles. The van der Waals surface area contributed by atoms with Crippen LogP contribution in [0.2, 0.25) is 0 Å². The number of nitrogens with two attached hydrogens (primary N) is 1. The van der Waals surface area contributed by atoms with Crippen molar-refractivity contribution in [2.75, 3.05) is 18.1 Å². The maximum atomic E-state index is 13.0. The first kappa shape index (κ1) is 25.3. The Morgan fingerprint density at radius 1 is 1.39 bits per heavy atom. The molecule has 0 radical (unpaired) electrons. The molecule has 2 amide bonds. The van der Waals surface area contributed by atoms with Gasteiger partial charge in [0.15, 0.2) is 11.3 Å². The van der Waals surface area contributed by atoms with E-state index < -0.39 is 29.2 Å². The lowest BCUT2D eigenvalue weighted by molar-refractivity contribution is -0.644. The molecule has 0 saturated carbocycles. The summed E-state index contributed by atoms with van der Waals surface area (Å²) in [6, 6.07) is 2.75. The highest BCUT2D eigenvalue weighted by atomic mass is 32.2. The fourth-order valence-corrected chi connectivity index (χ4v) is 5.73. The summed E-state index contributed by atoms with van der Waals surface area (Å²) in [5.41, 5.74) is 7.23. The van der Waals surface area contributed by atoms with Gasteiger partial charge in [0, 0.05) is 23.4 Å². The summed E-state index contributed by atoms with van der Waals surface area (Å²) in [4.78, 5) is 48.3. The summed E-state index contributed by atoms with van der Waals surface area (Å²) in [5, 5.41) is 20.3. The third-order valence-electron chi connectivity index (χ3n) is 5.75. The maximum absolute atomic E-state index is 13.0. The summed E-state index contributed by atoms with van der Waals surface area (Å²) >= 11 is 2.22. The number of carbonyl (C=O) groups is 3. The first-order valence-corrected chi connectivity index (χ1v) is 13.1. The summed E-state index contributed by atoms with van der Waals surface area (Å²) in [6.07, 6.45) is 7.03. The normalized spacial score (nSPS) is 19.6. The van der Waals surface area contributed by atoms with Crippen molar-refractivity contribution in [3.63, 3.8) is 0 Å². The van der Waals surface area contributed by atoms with Gasteiger partial charge in [-0.1, -0.05) is 16.3 Å². The fourth-order valence-electron chi connectivity index (χ4n) is 3.97. The number of carboxylic acid groups (broad SMARTS) is 1. The highest BCUT2D eigenvalue weighted by molar-refractivity contribution is 8.00. The third kappa shape index (κ3) is 4.58. The summed E-state index contributed by atoms with van der Waals surface area (Å²) in [7, 11) is 1.91. The SMILES string of the molecule is CCO/N=C(\C(=O)N[C@@H]1C(=O)N2C(C(=O)O)=C(/C=C/c3ccc4n(cc[n+]4C)n3)CS[C@H]12)c1nsc(N)n1. The van der Waals surface area contributed by atoms with Crippen LogP contribution in [0.3, 0.4) is 0 Å². The van der Waals surface area contributed by atoms with Crippen LogP contribution < -0.4 is 15.6 Å². The van der Waals surface area contributed by atoms with E-state index in [-0.39, 0.29) is 29.0 Å². The molecule has 0 aromatic carbocycles. The number of aromatic nitrogens is 5. The van der Waals surface area contributed by atoms with Crippen molar-refractivity contribution in [3.05, 3.63) is 53.4 Å². The Bertz CT molecular complexity index is 1540. The first-order valence-electron chi connectivity index (χ1n) is 11.3. The molecule has 2 aliphatic heterocycles. The molecule has 5 rings (SSSR count). The molecule has 196 valence electrons. The Kier molecular flexibility index (Phi) is 6.81. The zero-order chi connectivity index (χ0) is 27.0. The van der Waals surface area contributed by atoms with Crippen molar-refractivity contribution in [2.24, 2.45) is 12.2 Å². The first-order chi connectivity index (χ1) is 18.3. The third-order valence-corrected chi connectivity index (χ3v) is 7.59. The zero-order valence-electron chi connectivity index (χ0n) is 20.1. The predicted molar refractivity (Wildman–Crippen MR) is 138 cm³/mol. The standard InChI is InChI=1S/C22H21N9O5S2/c1-3-36-27-14(17-25-22(23)38-28-17)18(32)24-15-19(33)31-16(21(34)35)11(10-37-20(15)31)4-5-12-6-7-13-29(2)8-9-30(13)26-12/h4-9,15,20H,3,10H2,1-2H3,(H3-,23,24,25,28,32,34,35)/p+1/b5-4+,27-14-/t15-,20-/m1/s1. The molecule has 0 spiro atoms. The Hall–Kier alpha value is -4.31. The zero-order valence-corrected chi connectivity index (χ0v) is 21.8. The molecule has 3 aromatic heterocycles. The summed E-state index contributed by atoms with van der Waals surface area (Å²) in [6.45, 7) is 1.88. The van der Waals surface area contributed by atoms with Crippen LogP contribution in [-0.2, 0) is 26.3 Å². The van der Waals surface area contributed by atoms with Crippen molar-refractivity contribution in [2.45, 2.75) is 18.3 Å². The number of anilines is 1. The average molecular weight is 557 g/mol. The smallest absolute Gasteiger partial charge is 0.352 e. The van der Waals surface area contributed by atoms with Gasteiger partial charge in [0.25, 0.3) is 11.8 Å². The minimum atomic E-state index is -1.24. The van der Waals surface area contributed by atoms with E-state index in [9.17, 15) is 19.5 Å². The minimum absolute atomic E-state index is 0.0302. The van der Waals surface area contributed by atoms with Crippen molar-refractivity contribution in [3.8, 4) is 0 Å². The minimum Gasteiger partial charge on any atom is -0.477 e. The highest BCUT2D eigenvalue weighted by Gasteiger charge is 2.54. The highest BCUT2D eigenvalue weighted by Crippen LogP contribution is 2.40. The lowest BCUT2D eigenvalue weighted by Crippen LogP contribution is -2.71. The van der Waals surface area contributed by atoms with Gasteiger partial charge in [0.05, 0.1) is 7.05 Å². The van der Waals surface area contributed by atoms with E-state index in [1.807, 2.05) is 36.1 Å². The number of hydrogen-bond acceptors (Lipinski definition) is 11. The molecule has 0 bridgehead atoms. The molecule has 3 aromatic rings. The molecule has 14 nitrogen and oxygen atoms in total. The van der Waals surface area contributed by atoms with Crippen molar-refractivity contribution >= 4 is 63.6 Å². The number of thioether (sulfide) groups is 1. The van der Waals surface area contributed by atoms with Gasteiger partial charge in [-0.3, -0.25) is 14.5 Å². The van der Waals surface area contributed by atoms with Gasteiger partial charge < -0.3 is 21.0 Å². The van der Waals surface area contributed by atoms with E-state index in [1.165, 1.54) is 16.7 Å². The second kappa shape index (κ2) is 10.2. The molecule has 1 fully saturated rings. The molecular formula is C22H22N9O5S2+. The number of oxime groups is 1. The number of imidazole rings is 1. The quantitative estimate of drug-likeness (QED) is 0.145. The van der Waals surface area contributed by atoms with Crippen LogP contribution in [0.5, 0.6) is 0 Å². The van der Waals surface area contributed by atoms with Gasteiger partial charge >= 0.3 is 11.6 Å². The lowest BCUT2D eigenvalue weighted by Gasteiger charge is -2.49. The number of nitrogen functional groups attached to an aromatic ring is 1. The van der Waals surface area contributed by atoms with Gasteiger partial charge in [-0.05, 0) is 24.6 Å².